The summed E-state index contributed by atoms with van der Waals surface area (Å²) in [7, 11) is 0. The first-order chi connectivity index (χ1) is 11.1. The minimum Gasteiger partial charge on any atom is -0.322 e. The van der Waals surface area contributed by atoms with Crippen molar-refractivity contribution in [2.75, 3.05) is 5.32 Å². The molecule has 0 unspecified atom stereocenters. The quantitative estimate of drug-likeness (QED) is 0.809. The van der Waals surface area contributed by atoms with E-state index >= 15 is 0 Å². The van der Waals surface area contributed by atoms with Crippen LogP contribution in [0.25, 0.3) is 5.65 Å². The van der Waals surface area contributed by atoms with E-state index in [1.165, 1.54) is 16.2 Å². The molecule has 23 heavy (non-hydrogen) atoms. The van der Waals surface area contributed by atoms with Crippen LogP contribution in [-0.2, 0) is 0 Å². The second-order valence-corrected chi connectivity index (χ2v) is 5.64. The lowest BCUT2D eigenvalue weighted by atomic mass is 10.0. The molecule has 0 saturated heterocycles. The lowest BCUT2D eigenvalue weighted by Crippen LogP contribution is -2.26. The number of aromatic nitrogens is 2. The molecule has 2 aromatic heterocycles. The van der Waals surface area contributed by atoms with Crippen LogP contribution in [0.5, 0.6) is 0 Å². The van der Waals surface area contributed by atoms with Crippen molar-refractivity contribution in [3.8, 4) is 0 Å². The van der Waals surface area contributed by atoms with Crippen molar-refractivity contribution in [2.45, 2.75) is 19.8 Å². The molecular formula is C18H17N3O2. The predicted molar refractivity (Wildman–Crippen MR) is 89.9 cm³/mol. The van der Waals surface area contributed by atoms with E-state index in [1.54, 1.807) is 24.4 Å². The lowest BCUT2D eigenvalue weighted by Gasteiger charge is -2.08. The number of hydrogen-bond acceptors (Lipinski definition) is 3. The number of nitrogens with one attached hydrogen (secondary N) is 1. The van der Waals surface area contributed by atoms with Crippen LogP contribution in [0.4, 0.5) is 5.69 Å². The van der Waals surface area contributed by atoms with Gasteiger partial charge in [0.2, 0.25) is 0 Å². The molecule has 1 aromatic carbocycles. The topological polar surface area (TPSA) is 63.5 Å². The number of rotatable bonds is 3. The highest BCUT2D eigenvalue weighted by molar-refractivity contribution is 6.03. The first-order valence-electron chi connectivity index (χ1n) is 7.44. The number of nitrogens with zero attached hydrogens (tertiary/aromatic N) is 2. The van der Waals surface area contributed by atoms with Crippen LogP contribution in [-0.4, -0.2) is 15.3 Å². The third kappa shape index (κ3) is 2.99. The summed E-state index contributed by atoms with van der Waals surface area (Å²) in [6.45, 7) is 4.21. The van der Waals surface area contributed by atoms with E-state index in [2.05, 4.69) is 24.1 Å². The highest BCUT2D eigenvalue weighted by Crippen LogP contribution is 2.17. The van der Waals surface area contributed by atoms with Crippen molar-refractivity contribution in [1.82, 2.24) is 9.38 Å². The highest BCUT2D eigenvalue weighted by atomic mass is 16.2. The number of benzene rings is 1. The zero-order chi connectivity index (χ0) is 16.4. The molecule has 0 aliphatic heterocycles. The summed E-state index contributed by atoms with van der Waals surface area (Å²) < 4.78 is 1.36. The number of carbonyl (C=O) groups excluding carboxylic acids is 1. The maximum atomic E-state index is 12.4. The number of pyridine rings is 1. The van der Waals surface area contributed by atoms with Gasteiger partial charge in [-0.25, -0.2) is 4.98 Å². The number of anilines is 1. The summed E-state index contributed by atoms with van der Waals surface area (Å²) in [5.41, 5.74) is 1.98. The molecule has 0 atom stereocenters. The molecule has 5 nitrogen and oxygen atoms in total. The van der Waals surface area contributed by atoms with Gasteiger partial charge in [0.1, 0.15) is 11.2 Å². The number of hydrogen-bond donors (Lipinski definition) is 1. The monoisotopic (exact) mass is 307 g/mol. The Morgan fingerprint density at radius 1 is 1.13 bits per heavy atom. The van der Waals surface area contributed by atoms with Gasteiger partial charge in [0.15, 0.2) is 0 Å². The van der Waals surface area contributed by atoms with Crippen LogP contribution in [0.1, 0.15) is 35.7 Å². The minimum atomic E-state index is -0.460. The van der Waals surface area contributed by atoms with Crippen molar-refractivity contribution in [3.63, 3.8) is 0 Å². The van der Waals surface area contributed by atoms with Crippen LogP contribution in [0, 0.1) is 0 Å². The zero-order valence-corrected chi connectivity index (χ0v) is 13.0. The number of fused-ring (bicyclic) bond motifs is 1. The van der Waals surface area contributed by atoms with Crippen molar-refractivity contribution in [3.05, 3.63) is 76.3 Å². The normalized spacial score (nSPS) is 10.9. The van der Waals surface area contributed by atoms with E-state index in [0.717, 1.165) is 0 Å². The van der Waals surface area contributed by atoms with Crippen molar-refractivity contribution in [2.24, 2.45) is 0 Å². The Bertz CT molecular complexity index is 911. The van der Waals surface area contributed by atoms with E-state index in [1.807, 2.05) is 24.3 Å². The van der Waals surface area contributed by atoms with Crippen LogP contribution >= 0.6 is 0 Å². The van der Waals surface area contributed by atoms with Gasteiger partial charge in [0.05, 0.1) is 0 Å². The maximum Gasteiger partial charge on any atom is 0.270 e. The largest absolute Gasteiger partial charge is 0.322 e. The van der Waals surface area contributed by atoms with E-state index in [4.69, 9.17) is 0 Å². The van der Waals surface area contributed by atoms with Gasteiger partial charge in [0.25, 0.3) is 11.5 Å². The second kappa shape index (κ2) is 6.04. The second-order valence-electron chi connectivity index (χ2n) is 5.64. The third-order valence-electron chi connectivity index (χ3n) is 3.69. The van der Waals surface area contributed by atoms with Gasteiger partial charge in [-0.3, -0.25) is 14.0 Å². The lowest BCUT2D eigenvalue weighted by molar-refractivity contribution is 0.102. The summed E-state index contributed by atoms with van der Waals surface area (Å²) in [6.07, 6.45) is 2.91. The van der Waals surface area contributed by atoms with Crippen molar-refractivity contribution >= 4 is 17.2 Å². The Balaban J connectivity index is 1.89. The molecule has 0 radical (unpaired) electrons. The highest BCUT2D eigenvalue weighted by Gasteiger charge is 2.13. The van der Waals surface area contributed by atoms with Gasteiger partial charge in [-0.15, -0.1) is 0 Å². The Labute approximate surface area is 133 Å². The van der Waals surface area contributed by atoms with E-state index in [0.29, 0.717) is 17.3 Å². The van der Waals surface area contributed by atoms with Gasteiger partial charge < -0.3 is 5.32 Å². The molecule has 0 saturated carbocycles. The molecule has 3 aromatic rings. The minimum absolute atomic E-state index is 0.0154. The summed E-state index contributed by atoms with van der Waals surface area (Å²) >= 11 is 0. The van der Waals surface area contributed by atoms with Gasteiger partial charge in [-0.2, -0.15) is 0 Å². The summed E-state index contributed by atoms with van der Waals surface area (Å²) in [6, 6.07) is 12.8. The van der Waals surface area contributed by atoms with Crippen LogP contribution < -0.4 is 10.9 Å². The smallest absolute Gasteiger partial charge is 0.270 e. The third-order valence-corrected chi connectivity index (χ3v) is 3.69. The summed E-state index contributed by atoms with van der Waals surface area (Å²) in [5, 5.41) is 2.74. The predicted octanol–water partition coefficient (Wildman–Crippen LogP) is 3.07. The number of amides is 1. The molecule has 1 amide bonds. The fourth-order valence-electron chi connectivity index (χ4n) is 2.33. The standard InChI is InChI=1S/C18H17N3O2/c1-12(2)13-6-8-14(9-7-13)20-17(22)15-11-19-16-5-3-4-10-21(16)18(15)23/h3-12H,1-2H3,(H,20,22). The molecule has 0 fully saturated rings. The Hall–Kier alpha value is -2.95. The molecule has 0 spiro atoms. The SMILES string of the molecule is CC(C)c1ccc(NC(=O)c2cnc3ccccn3c2=O)cc1. The zero-order valence-electron chi connectivity index (χ0n) is 13.0. The Morgan fingerprint density at radius 3 is 2.57 bits per heavy atom. The van der Waals surface area contributed by atoms with E-state index in [9.17, 15) is 9.59 Å². The van der Waals surface area contributed by atoms with Gasteiger partial charge in [0, 0.05) is 18.1 Å². The van der Waals surface area contributed by atoms with E-state index < -0.39 is 5.91 Å². The fourth-order valence-corrected chi connectivity index (χ4v) is 2.33. The molecule has 0 aliphatic carbocycles. The molecule has 1 N–H and O–H groups in total. The molecule has 5 heteroatoms. The summed E-state index contributed by atoms with van der Waals surface area (Å²) in [5.74, 6) is -0.0351. The average Bonchev–Trinajstić information content (AvgIpc) is 2.56. The van der Waals surface area contributed by atoms with Crippen LogP contribution in [0.2, 0.25) is 0 Å². The van der Waals surface area contributed by atoms with Crippen LogP contribution in [0.3, 0.4) is 0 Å². The molecule has 2 heterocycles. The van der Waals surface area contributed by atoms with E-state index in [-0.39, 0.29) is 11.1 Å². The van der Waals surface area contributed by atoms with Gasteiger partial charge in [-0.1, -0.05) is 32.0 Å². The van der Waals surface area contributed by atoms with Gasteiger partial charge >= 0.3 is 0 Å². The van der Waals surface area contributed by atoms with Gasteiger partial charge in [-0.05, 0) is 35.7 Å². The first-order valence-corrected chi connectivity index (χ1v) is 7.44. The Kier molecular flexibility index (Phi) is 3.93. The maximum absolute atomic E-state index is 12.4. The fraction of sp³-hybridized carbons (Fsp3) is 0.167. The van der Waals surface area contributed by atoms with Crippen LogP contribution in [0.15, 0.2) is 59.7 Å². The molecule has 3 rings (SSSR count). The van der Waals surface area contributed by atoms with Crippen molar-refractivity contribution < 1.29 is 4.79 Å². The summed E-state index contributed by atoms with van der Waals surface area (Å²) in [4.78, 5) is 28.8. The molecule has 116 valence electrons. The first kappa shape index (κ1) is 15.0. The Morgan fingerprint density at radius 2 is 1.87 bits per heavy atom. The molecular weight excluding hydrogens is 290 g/mol. The number of carbonyl (C=O) groups is 1. The molecule has 0 aliphatic rings. The van der Waals surface area contributed by atoms with Crippen molar-refractivity contribution in [1.29, 1.82) is 0 Å². The molecule has 0 bridgehead atoms. The average molecular weight is 307 g/mol.